The summed E-state index contributed by atoms with van der Waals surface area (Å²) in [6.07, 6.45) is -1.46. The van der Waals surface area contributed by atoms with E-state index in [-0.39, 0.29) is 0 Å². The summed E-state index contributed by atoms with van der Waals surface area (Å²) in [6, 6.07) is 7.16. The monoisotopic (exact) mass is 250 g/mol. The number of aliphatic hydroxyl groups excluding tert-OH is 1. The number of nitrogens with zero attached hydrogens (tertiary/aromatic N) is 2. The van der Waals surface area contributed by atoms with Gasteiger partial charge in [-0.1, -0.05) is 18.2 Å². The van der Waals surface area contributed by atoms with Gasteiger partial charge < -0.3 is 20.0 Å². The second-order valence-corrected chi connectivity index (χ2v) is 4.59. The van der Waals surface area contributed by atoms with Crippen LogP contribution < -0.4 is 4.90 Å². The standard InChI is InChI=1S/C13H18N2O3/c1-14-6-8-15(9-7-14)11-5-3-2-4-10(11)12(16)13(17)18/h2-5,12,16H,6-9H2,1H3,(H,17,18). The summed E-state index contributed by atoms with van der Waals surface area (Å²) in [6.45, 7) is 3.58. The minimum Gasteiger partial charge on any atom is -0.479 e. The molecule has 2 rings (SSSR count). The molecular weight excluding hydrogens is 232 g/mol. The van der Waals surface area contributed by atoms with Crippen LogP contribution in [0.3, 0.4) is 0 Å². The van der Waals surface area contributed by atoms with Crippen molar-refractivity contribution in [3.8, 4) is 0 Å². The van der Waals surface area contributed by atoms with Crippen molar-refractivity contribution in [2.24, 2.45) is 0 Å². The van der Waals surface area contributed by atoms with Crippen molar-refractivity contribution in [2.75, 3.05) is 38.1 Å². The van der Waals surface area contributed by atoms with Gasteiger partial charge in [-0.15, -0.1) is 0 Å². The number of anilines is 1. The normalized spacial score (nSPS) is 18.7. The predicted octanol–water partition coefficient (Wildman–Crippen LogP) is 0.556. The van der Waals surface area contributed by atoms with Crippen molar-refractivity contribution in [1.82, 2.24) is 4.90 Å². The number of benzene rings is 1. The van der Waals surface area contributed by atoms with Gasteiger partial charge in [-0.3, -0.25) is 0 Å². The summed E-state index contributed by atoms with van der Waals surface area (Å²) in [7, 11) is 2.06. The molecule has 5 heteroatoms. The van der Waals surface area contributed by atoms with Gasteiger partial charge in [0.05, 0.1) is 0 Å². The lowest BCUT2D eigenvalue weighted by Crippen LogP contribution is -2.45. The average molecular weight is 250 g/mol. The van der Waals surface area contributed by atoms with E-state index in [2.05, 4.69) is 16.8 Å². The number of piperazine rings is 1. The van der Waals surface area contributed by atoms with Gasteiger partial charge in [0.1, 0.15) is 0 Å². The first kappa shape index (κ1) is 12.9. The molecule has 18 heavy (non-hydrogen) atoms. The zero-order chi connectivity index (χ0) is 13.1. The predicted molar refractivity (Wildman–Crippen MR) is 68.7 cm³/mol. The highest BCUT2D eigenvalue weighted by molar-refractivity contribution is 5.77. The van der Waals surface area contributed by atoms with E-state index in [0.717, 1.165) is 31.9 Å². The van der Waals surface area contributed by atoms with E-state index < -0.39 is 12.1 Å². The van der Waals surface area contributed by atoms with E-state index in [0.29, 0.717) is 5.56 Å². The fourth-order valence-corrected chi connectivity index (χ4v) is 2.19. The van der Waals surface area contributed by atoms with Crippen LogP contribution in [0.5, 0.6) is 0 Å². The van der Waals surface area contributed by atoms with Crippen molar-refractivity contribution in [1.29, 1.82) is 0 Å². The van der Waals surface area contributed by atoms with E-state index in [1.165, 1.54) is 0 Å². The summed E-state index contributed by atoms with van der Waals surface area (Å²) in [5, 5.41) is 18.6. The number of carbonyl (C=O) groups is 1. The van der Waals surface area contributed by atoms with Crippen LogP contribution in [-0.4, -0.2) is 54.3 Å². The third-order valence-electron chi connectivity index (χ3n) is 3.31. The van der Waals surface area contributed by atoms with Gasteiger partial charge in [-0.2, -0.15) is 0 Å². The maximum Gasteiger partial charge on any atom is 0.337 e. The number of hydrogen-bond acceptors (Lipinski definition) is 4. The van der Waals surface area contributed by atoms with E-state index >= 15 is 0 Å². The highest BCUT2D eigenvalue weighted by atomic mass is 16.4. The number of aliphatic hydroxyl groups is 1. The van der Waals surface area contributed by atoms with Crippen LogP contribution >= 0.6 is 0 Å². The minimum atomic E-state index is -1.46. The summed E-state index contributed by atoms with van der Waals surface area (Å²) < 4.78 is 0. The van der Waals surface area contributed by atoms with Gasteiger partial charge >= 0.3 is 5.97 Å². The fraction of sp³-hybridized carbons (Fsp3) is 0.462. The fourth-order valence-electron chi connectivity index (χ4n) is 2.19. The lowest BCUT2D eigenvalue weighted by molar-refractivity contribution is -0.146. The lowest BCUT2D eigenvalue weighted by atomic mass is 10.1. The molecule has 1 fully saturated rings. The molecule has 1 aromatic carbocycles. The first-order chi connectivity index (χ1) is 8.59. The molecule has 1 unspecified atom stereocenters. The number of carboxylic acid groups (broad SMARTS) is 1. The van der Waals surface area contributed by atoms with E-state index in [1.54, 1.807) is 12.1 Å². The Hall–Kier alpha value is -1.59. The van der Waals surface area contributed by atoms with Crippen LogP contribution in [0.1, 0.15) is 11.7 Å². The molecule has 1 heterocycles. The Bertz CT molecular complexity index is 428. The molecule has 0 radical (unpaired) electrons. The van der Waals surface area contributed by atoms with Crippen molar-refractivity contribution in [3.05, 3.63) is 29.8 Å². The molecule has 2 N–H and O–H groups in total. The molecule has 0 amide bonds. The first-order valence-electron chi connectivity index (χ1n) is 6.03. The molecule has 1 aliphatic heterocycles. The topological polar surface area (TPSA) is 64.0 Å². The Kier molecular flexibility index (Phi) is 3.84. The van der Waals surface area contributed by atoms with Crippen LogP contribution in [0.2, 0.25) is 0 Å². The maximum atomic E-state index is 10.9. The Morgan fingerprint density at radius 3 is 2.44 bits per heavy atom. The molecule has 1 aliphatic rings. The first-order valence-corrected chi connectivity index (χ1v) is 6.03. The summed E-state index contributed by atoms with van der Waals surface area (Å²) >= 11 is 0. The van der Waals surface area contributed by atoms with Gasteiger partial charge in [0.15, 0.2) is 6.10 Å². The lowest BCUT2D eigenvalue weighted by Gasteiger charge is -2.35. The summed E-state index contributed by atoms with van der Waals surface area (Å²) in [5.74, 6) is -1.21. The Balaban J connectivity index is 2.24. The Morgan fingerprint density at radius 2 is 1.83 bits per heavy atom. The van der Waals surface area contributed by atoms with Crippen LogP contribution in [0.25, 0.3) is 0 Å². The smallest absolute Gasteiger partial charge is 0.337 e. The van der Waals surface area contributed by atoms with Gasteiger partial charge in [0.2, 0.25) is 0 Å². The quantitative estimate of drug-likeness (QED) is 0.820. The van der Waals surface area contributed by atoms with Crippen LogP contribution in [0.4, 0.5) is 5.69 Å². The Labute approximate surface area is 106 Å². The molecule has 0 aliphatic carbocycles. The van der Waals surface area contributed by atoms with Crippen molar-refractivity contribution in [2.45, 2.75) is 6.10 Å². The highest BCUT2D eigenvalue weighted by Gasteiger charge is 2.23. The zero-order valence-corrected chi connectivity index (χ0v) is 10.4. The number of likely N-dealkylation sites (N-methyl/N-ethyl adjacent to an activating group) is 1. The molecule has 98 valence electrons. The van der Waals surface area contributed by atoms with Crippen LogP contribution in [-0.2, 0) is 4.79 Å². The second-order valence-electron chi connectivity index (χ2n) is 4.59. The van der Waals surface area contributed by atoms with E-state index in [9.17, 15) is 9.90 Å². The number of hydrogen-bond donors (Lipinski definition) is 2. The third-order valence-corrected chi connectivity index (χ3v) is 3.31. The largest absolute Gasteiger partial charge is 0.479 e. The average Bonchev–Trinajstić information content (AvgIpc) is 2.39. The SMILES string of the molecule is CN1CCN(c2ccccc2C(O)C(=O)O)CC1. The van der Waals surface area contributed by atoms with Crippen LogP contribution in [0, 0.1) is 0 Å². The number of aliphatic carboxylic acids is 1. The molecule has 0 spiro atoms. The molecule has 1 atom stereocenters. The van der Waals surface area contributed by atoms with E-state index in [4.69, 9.17) is 5.11 Å². The zero-order valence-electron chi connectivity index (χ0n) is 10.4. The third kappa shape index (κ3) is 2.63. The number of para-hydroxylation sites is 1. The second kappa shape index (κ2) is 5.37. The highest BCUT2D eigenvalue weighted by Crippen LogP contribution is 2.27. The molecule has 0 saturated carbocycles. The van der Waals surface area contributed by atoms with Crippen molar-refractivity contribution < 1.29 is 15.0 Å². The molecule has 1 aromatic rings. The Morgan fingerprint density at radius 1 is 1.22 bits per heavy atom. The van der Waals surface area contributed by atoms with Crippen molar-refractivity contribution >= 4 is 11.7 Å². The van der Waals surface area contributed by atoms with Gasteiger partial charge in [0.25, 0.3) is 0 Å². The van der Waals surface area contributed by atoms with Crippen molar-refractivity contribution in [3.63, 3.8) is 0 Å². The van der Waals surface area contributed by atoms with Crippen LogP contribution in [0.15, 0.2) is 24.3 Å². The summed E-state index contributed by atoms with van der Waals surface area (Å²) in [5.41, 5.74) is 1.29. The molecule has 0 aromatic heterocycles. The molecule has 5 nitrogen and oxygen atoms in total. The van der Waals surface area contributed by atoms with E-state index in [1.807, 2.05) is 12.1 Å². The van der Waals surface area contributed by atoms with Gasteiger partial charge in [-0.25, -0.2) is 4.79 Å². The summed E-state index contributed by atoms with van der Waals surface area (Å²) in [4.78, 5) is 15.3. The number of rotatable bonds is 3. The molecular formula is C13H18N2O3. The molecule has 1 saturated heterocycles. The van der Waals surface area contributed by atoms with Gasteiger partial charge in [-0.05, 0) is 13.1 Å². The maximum absolute atomic E-state index is 10.9. The van der Waals surface area contributed by atoms with Gasteiger partial charge in [0, 0.05) is 37.4 Å². The number of carboxylic acids is 1. The molecule has 0 bridgehead atoms. The minimum absolute atomic E-state index is 0.467.